The standard InChI is InChI=1S/C16H32N2O/c1-6-17-15(19)12(2)18-11-13-7-9-14(10-8-13)16(3,4)5/h12-14,18H,6-11H2,1-5H3,(H,17,19). The van der Waals surface area contributed by atoms with E-state index < -0.39 is 0 Å². The number of hydrogen-bond donors (Lipinski definition) is 2. The Morgan fingerprint density at radius 3 is 2.26 bits per heavy atom. The van der Waals surface area contributed by atoms with Crippen molar-refractivity contribution in [2.24, 2.45) is 17.3 Å². The van der Waals surface area contributed by atoms with Gasteiger partial charge in [-0.15, -0.1) is 0 Å². The van der Waals surface area contributed by atoms with Crippen molar-refractivity contribution in [1.82, 2.24) is 10.6 Å². The normalized spacial score (nSPS) is 25.9. The Kier molecular flexibility index (Phi) is 6.31. The van der Waals surface area contributed by atoms with Gasteiger partial charge in [0.1, 0.15) is 0 Å². The van der Waals surface area contributed by atoms with Crippen LogP contribution in [-0.4, -0.2) is 25.0 Å². The third-order valence-corrected chi connectivity index (χ3v) is 4.53. The smallest absolute Gasteiger partial charge is 0.236 e. The molecule has 3 heteroatoms. The maximum absolute atomic E-state index is 11.6. The van der Waals surface area contributed by atoms with Gasteiger partial charge in [0.05, 0.1) is 6.04 Å². The molecule has 0 aromatic rings. The SMILES string of the molecule is CCNC(=O)C(C)NCC1CCC(C(C)(C)C)CC1. The number of carbonyl (C=O) groups is 1. The third kappa shape index (κ3) is 5.52. The summed E-state index contributed by atoms with van der Waals surface area (Å²) in [6, 6.07) is -0.0692. The summed E-state index contributed by atoms with van der Waals surface area (Å²) in [5.41, 5.74) is 0.451. The molecule has 1 fully saturated rings. The fraction of sp³-hybridized carbons (Fsp3) is 0.938. The zero-order valence-corrected chi connectivity index (χ0v) is 13.4. The Balaban J connectivity index is 2.25. The summed E-state index contributed by atoms with van der Waals surface area (Å²) in [7, 11) is 0. The Morgan fingerprint density at radius 2 is 1.79 bits per heavy atom. The minimum absolute atomic E-state index is 0.0692. The molecule has 1 atom stereocenters. The van der Waals surface area contributed by atoms with Crippen LogP contribution in [0.15, 0.2) is 0 Å². The van der Waals surface area contributed by atoms with E-state index in [0.29, 0.717) is 12.0 Å². The molecule has 0 aliphatic heterocycles. The summed E-state index contributed by atoms with van der Waals surface area (Å²) in [5.74, 6) is 1.73. The van der Waals surface area contributed by atoms with Crippen molar-refractivity contribution in [3.8, 4) is 0 Å². The Bertz CT molecular complexity index is 275. The van der Waals surface area contributed by atoms with Gasteiger partial charge in [0.25, 0.3) is 0 Å². The zero-order chi connectivity index (χ0) is 14.5. The van der Waals surface area contributed by atoms with Crippen LogP contribution in [0, 0.1) is 17.3 Å². The molecule has 1 aliphatic carbocycles. The molecule has 2 N–H and O–H groups in total. The minimum Gasteiger partial charge on any atom is -0.355 e. The summed E-state index contributed by atoms with van der Waals surface area (Å²) in [4.78, 5) is 11.6. The van der Waals surface area contributed by atoms with E-state index in [-0.39, 0.29) is 11.9 Å². The van der Waals surface area contributed by atoms with Crippen LogP contribution in [-0.2, 0) is 4.79 Å². The van der Waals surface area contributed by atoms with Gasteiger partial charge < -0.3 is 10.6 Å². The van der Waals surface area contributed by atoms with Gasteiger partial charge in [0.2, 0.25) is 5.91 Å². The van der Waals surface area contributed by atoms with Crippen LogP contribution < -0.4 is 10.6 Å². The number of rotatable bonds is 5. The first-order chi connectivity index (χ1) is 8.84. The second kappa shape index (κ2) is 7.28. The Morgan fingerprint density at radius 1 is 1.21 bits per heavy atom. The van der Waals surface area contributed by atoms with Gasteiger partial charge in [-0.3, -0.25) is 4.79 Å². The molecule has 0 aromatic carbocycles. The molecular formula is C16H32N2O. The average Bonchev–Trinajstić information content (AvgIpc) is 2.35. The predicted molar refractivity (Wildman–Crippen MR) is 81.1 cm³/mol. The maximum atomic E-state index is 11.6. The van der Waals surface area contributed by atoms with Gasteiger partial charge in [-0.25, -0.2) is 0 Å². The van der Waals surface area contributed by atoms with Crippen LogP contribution in [0.1, 0.15) is 60.3 Å². The lowest BCUT2D eigenvalue weighted by molar-refractivity contribution is -0.122. The van der Waals surface area contributed by atoms with Crippen LogP contribution in [0.25, 0.3) is 0 Å². The highest BCUT2D eigenvalue weighted by Crippen LogP contribution is 2.39. The molecule has 1 aliphatic rings. The summed E-state index contributed by atoms with van der Waals surface area (Å²) < 4.78 is 0. The molecule has 0 radical (unpaired) electrons. The molecule has 0 aromatic heterocycles. The highest BCUT2D eigenvalue weighted by Gasteiger charge is 2.29. The lowest BCUT2D eigenvalue weighted by Crippen LogP contribution is -2.44. The van der Waals surface area contributed by atoms with Crippen LogP contribution in [0.4, 0.5) is 0 Å². The highest BCUT2D eigenvalue weighted by atomic mass is 16.2. The first-order valence-corrected chi connectivity index (χ1v) is 7.85. The lowest BCUT2D eigenvalue weighted by Gasteiger charge is -2.37. The van der Waals surface area contributed by atoms with E-state index >= 15 is 0 Å². The topological polar surface area (TPSA) is 41.1 Å². The van der Waals surface area contributed by atoms with Crippen molar-refractivity contribution < 1.29 is 4.79 Å². The van der Waals surface area contributed by atoms with Gasteiger partial charge in [0.15, 0.2) is 0 Å². The molecule has 0 heterocycles. The summed E-state index contributed by atoms with van der Waals surface area (Å²) >= 11 is 0. The highest BCUT2D eigenvalue weighted by molar-refractivity contribution is 5.81. The van der Waals surface area contributed by atoms with Gasteiger partial charge in [-0.2, -0.15) is 0 Å². The first kappa shape index (κ1) is 16.5. The zero-order valence-electron chi connectivity index (χ0n) is 13.4. The van der Waals surface area contributed by atoms with Gasteiger partial charge in [0, 0.05) is 6.54 Å². The van der Waals surface area contributed by atoms with Crippen molar-refractivity contribution >= 4 is 5.91 Å². The quantitative estimate of drug-likeness (QED) is 0.805. The number of hydrogen-bond acceptors (Lipinski definition) is 2. The van der Waals surface area contributed by atoms with Gasteiger partial charge >= 0.3 is 0 Å². The number of amides is 1. The Hall–Kier alpha value is -0.570. The van der Waals surface area contributed by atoms with Crippen molar-refractivity contribution in [1.29, 1.82) is 0 Å². The van der Waals surface area contributed by atoms with E-state index in [9.17, 15) is 4.79 Å². The third-order valence-electron chi connectivity index (χ3n) is 4.53. The molecular weight excluding hydrogens is 236 g/mol. The molecule has 1 unspecified atom stereocenters. The fourth-order valence-electron chi connectivity index (χ4n) is 3.00. The van der Waals surface area contributed by atoms with Crippen molar-refractivity contribution in [3.05, 3.63) is 0 Å². The molecule has 19 heavy (non-hydrogen) atoms. The van der Waals surface area contributed by atoms with Gasteiger partial charge in [-0.1, -0.05) is 20.8 Å². The Labute approximate surface area is 118 Å². The predicted octanol–water partition coefficient (Wildman–Crippen LogP) is 2.95. The molecule has 1 saturated carbocycles. The van der Waals surface area contributed by atoms with Crippen molar-refractivity contribution in [2.75, 3.05) is 13.1 Å². The average molecular weight is 268 g/mol. The molecule has 1 amide bonds. The fourth-order valence-corrected chi connectivity index (χ4v) is 3.00. The van der Waals surface area contributed by atoms with E-state index in [1.165, 1.54) is 25.7 Å². The van der Waals surface area contributed by atoms with E-state index in [1.807, 2.05) is 13.8 Å². The molecule has 1 rings (SSSR count). The number of carbonyl (C=O) groups excluding carboxylic acids is 1. The first-order valence-electron chi connectivity index (χ1n) is 7.85. The molecule has 3 nitrogen and oxygen atoms in total. The summed E-state index contributed by atoms with van der Waals surface area (Å²) in [6.45, 7) is 12.7. The van der Waals surface area contributed by atoms with Crippen LogP contribution in [0.3, 0.4) is 0 Å². The minimum atomic E-state index is -0.0692. The number of likely N-dealkylation sites (N-methyl/N-ethyl adjacent to an activating group) is 1. The molecule has 112 valence electrons. The maximum Gasteiger partial charge on any atom is 0.236 e. The largest absolute Gasteiger partial charge is 0.355 e. The van der Waals surface area contributed by atoms with Crippen molar-refractivity contribution in [2.45, 2.75) is 66.3 Å². The van der Waals surface area contributed by atoms with E-state index in [0.717, 1.165) is 18.4 Å². The summed E-state index contributed by atoms with van der Waals surface area (Å²) in [6.07, 6.45) is 5.28. The van der Waals surface area contributed by atoms with E-state index in [2.05, 4.69) is 31.4 Å². The second-order valence-electron chi connectivity index (χ2n) is 7.11. The van der Waals surface area contributed by atoms with E-state index in [1.54, 1.807) is 0 Å². The van der Waals surface area contributed by atoms with Crippen molar-refractivity contribution in [3.63, 3.8) is 0 Å². The number of nitrogens with one attached hydrogen (secondary N) is 2. The van der Waals surface area contributed by atoms with E-state index in [4.69, 9.17) is 0 Å². The van der Waals surface area contributed by atoms with Gasteiger partial charge in [-0.05, 0) is 63.3 Å². The lowest BCUT2D eigenvalue weighted by atomic mass is 9.70. The van der Waals surface area contributed by atoms with Crippen LogP contribution in [0.2, 0.25) is 0 Å². The summed E-state index contributed by atoms with van der Waals surface area (Å²) in [5, 5.41) is 6.24. The molecule has 0 bridgehead atoms. The second-order valence-corrected chi connectivity index (χ2v) is 7.11. The monoisotopic (exact) mass is 268 g/mol. The molecule has 0 saturated heterocycles. The van der Waals surface area contributed by atoms with Crippen LogP contribution in [0.5, 0.6) is 0 Å². The molecule has 0 spiro atoms. The van der Waals surface area contributed by atoms with Crippen LogP contribution >= 0.6 is 0 Å².